The van der Waals surface area contributed by atoms with E-state index in [4.69, 9.17) is 4.74 Å². The predicted octanol–water partition coefficient (Wildman–Crippen LogP) is 2.62. The van der Waals surface area contributed by atoms with Crippen LogP contribution in [0.15, 0.2) is 0 Å². The van der Waals surface area contributed by atoms with Gasteiger partial charge in [-0.1, -0.05) is 0 Å². The Bertz CT molecular complexity index is 310. The lowest BCUT2D eigenvalue weighted by molar-refractivity contribution is 0.393. The van der Waals surface area contributed by atoms with Crippen LogP contribution in [0.5, 0.6) is 5.88 Å². The van der Waals surface area contributed by atoms with Crippen molar-refractivity contribution in [2.75, 3.05) is 7.11 Å². The smallest absolute Gasteiger partial charge is 0.227 e. The third-order valence-electron chi connectivity index (χ3n) is 2.08. The average molecular weight is 277 g/mol. The summed E-state index contributed by atoms with van der Waals surface area (Å²) < 4.78 is 6.25. The first-order chi connectivity index (χ1) is 5.57. The molecule has 0 aliphatic rings. The first-order valence-corrected chi connectivity index (χ1v) is 4.83. The molecule has 66 valence electrons. The topological polar surface area (TPSA) is 22.1 Å². The molecule has 0 aliphatic heterocycles. The summed E-state index contributed by atoms with van der Waals surface area (Å²) in [5.74, 6) is 0.733. The minimum atomic E-state index is 0.733. The van der Waals surface area contributed by atoms with Crippen molar-refractivity contribution in [3.8, 4) is 5.88 Å². The lowest BCUT2D eigenvalue weighted by Gasteiger charge is -2.09. The Morgan fingerprint density at radius 3 is 2.25 bits per heavy atom. The van der Waals surface area contributed by atoms with E-state index in [2.05, 4.69) is 41.4 Å². The fraction of sp³-hybridized carbons (Fsp3) is 0.444. The first kappa shape index (κ1) is 9.77. The Hall–Kier alpha value is -0.320. The normalized spacial score (nSPS) is 10.1. The Kier molecular flexibility index (Phi) is 2.93. The van der Waals surface area contributed by atoms with E-state index in [9.17, 15) is 0 Å². The van der Waals surface area contributed by atoms with Gasteiger partial charge in [0.15, 0.2) is 0 Å². The summed E-state index contributed by atoms with van der Waals surface area (Å²) in [4.78, 5) is 4.32. The van der Waals surface area contributed by atoms with Gasteiger partial charge in [-0.2, -0.15) is 0 Å². The Labute approximate surface area is 86.5 Å². The van der Waals surface area contributed by atoms with Crippen molar-refractivity contribution < 1.29 is 4.74 Å². The largest absolute Gasteiger partial charge is 0.480 e. The predicted molar refractivity (Wildman–Crippen MR) is 57.7 cm³/mol. The van der Waals surface area contributed by atoms with E-state index in [0.29, 0.717) is 0 Å². The Morgan fingerprint density at radius 1 is 1.17 bits per heavy atom. The minimum Gasteiger partial charge on any atom is -0.480 e. The van der Waals surface area contributed by atoms with Crippen molar-refractivity contribution in [3.05, 3.63) is 20.4 Å². The molecule has 0 spiro atoms. The standard InChI is InChI=1S/C9H12INO/c1-5-6(2)8(10)9(12-4)11-7(5)3/h1-4H3. The van der Waals surface area contributed by atoms with Gasteiger partial charge in [-0.15, -0.1) is 0 Å². The van der Waals surface area contributed by atoms with Crippen LogP contribution in [0.4, 0.5) is 0 Å². The highest BCUT2D eigenvalue weighted by Crippen LogP contribution is 2.25. The molecule has 0 unspecified atom stereocenters. The second kappa shape index (κ2) is 3.60. The summed E-state index contributed by atoms with van der Waals surface area (Å²) in [5.41, 5.74) is 3.56. The lowest BCUT2D eigenvalue weighted by atomic mass is 10.1. The quantitative estimate of drug-likeness (QED) is 0.736. The van der Waals surface area contributed by atoms with Gasteiger partial charge in [0.2, 0.25) is 5.88 Å². The molecule has 0 saturated carbocycles. The Morgan fingerprint density at radius 2 is 1.75 bits per heavy atom. The van der Waals surface area contributed by atoms with Crippen LogP contribution in [0.25, 0.3) is 0 Å². The van der Waals surface area contributed by atoms with Gasteiger partial charge in [0.05, 0.1) is 10.7 Å². The number of pyridine rings is 1. The molecule has 0 aromatic carbocycles. The number of halogens is 1. The van der Waals surface area contributed by atoms with Gasteiger partial charge in [-0.25, -0.2) is 4.98 Å². The van der Waals surface area contributed by atoms with E-state index in [-0.39, 0.29) is 0 Å². The molecule has 12 heavy (non-hydrogen) atoms. The van der Waals surface area contributed by atoms with E-state index in [1.165, 1.54) is 11.1 Å². The molecule has 0 bridgehead atoms. The third kappa shape index (κ3) is 1.55. The van der Waals surface area contributed by atoms with Crippen LogP contribution >= 0.6 is 22.6 Å². The van der Waals surface area contributed by atoms with Gasteiger partial charge in [0.25, 0.3) is 0 Å². The zero-order valence-corrected chi connectivity index (χ0v) is 9.89. The molecule has 0 fully saturated rings. The van der Waals surface area contributed by atoms with Gasteiger partial charge in [-0.05, 0) is 54.5 Å². The number of aryl methyl sites for hydroxylation is 1. The summed E-state index contributed by atoms with van der Waals surface area (Å²) in [6.07, 6.45) is 0. The zero-order valence-electron chi connectivity index (χ0n) is 7.73. The average Bonchev–Trinajstić information content (AvgIpc) is 2.08. The summed E-state index contributed by atoms with van der Waals surface area (Å²) in [6, 6.07) is 0. The van der Waals surface area contributed by atoms with Crippen molar-refractivity contribution in [3.63, 3.8) is 0 Å². The van der Waals surface area contributed by atoms with E-state index >= 15 is 0 Å². The fourth-order valence-electron chi connectivity index (χ4n) is 1.02. The van der Waals surface area contributed by atoms with E-state index in [0.717, 1.165) is 15.1 Å². The highest BCUT2D eigenvalue weighted by atomic mass is 127. The van der Waals surface area contributed by atoms with Gasteiger partial charge >= 0.3 is 0 Å². The number of hydrogen-bond donors (Lipinski definition) is 0. The molecule has 3 heteroatoms. The molecule has 0 N–H and O–H groups in total. The van der Waals surface area contributed by atoms with Crippen molar-refractivity contribution in [1.82, 2.24) is 4.98 Å². The molecule has 0 atom stereocenters. The number of aromatic nitrogens is 1. The molecule has 0 amide bonds. The maximum atomic E-state index is 5.14. The van der Waals surface area contributed by atoms with Crippen LogP contribution in [0.2, 0.25) is 0 Å². The van der Waals surface area contributed by atoms with Gasteiger partial charge < -0.3 is 4.74 Å². The minimum absolute atomic E-state index is 0.733. The molecular formula is C9H12INO. The van der Waals surface area contributed by atoms with E-state index in [1.54, 1.807) is 7.11 Å². The molecule has 0 radical (unpaired) electrons. The molecule has 0 saturated heterocycles. The van der Waals surface area contributed by atoms with Crippen molar-refractivity contribution in [1.29, 1.82) is 0 Å². The molecular weight excluding hydrogens is 265 g/mol. The van der Waals surface area contributed by atoms with Crippen LogP contribution in [-0.2, 0) is 0 Å². The maximum Gasteiger partial charge on any atom is 0.227 e. The van der Waals surface area contributed by atoms with Gasteiger partial charge in [0.1, 0.15) is 0 Å². The van der Waals surface area contributed by atoms with E-state index < -0.39 is 0 Å². The van der Waals surface area contributed by atoms with Crippen LogP contribution in [0, 0.1) is 24.3 Å². The number of ether oxygens (including phenoxy) is 1. The van der Waals surface area contributed by atoms with Gasteiger partial charge in [0, 0.05) is 5.69 Å². The molecule has 2 nitrogen and oxygen atoms in total. The number of rotatable bonds is 1. The molecule has 1 heterocycles. The summed E-state index contributed by atoms with van der Waals surface area (Å²) in [7, 11) is 1.65. The molecule has 0 aliphatic carbocycles. The number of hydrogen-bond acceptors (Lipinski definition) is 2. The van der Waals surface area contributed by atoms with Crippen LogP contribution in [0.1, 0.15) is 16.8 Å². The highest BCUT2D eigenvalue weighted by Gasteiger charge is 2.09. The number of nitrogens with zero attached hydrogens (tertiary/aromatic N) is 1. The first-order valence-electron chi connectivity index (χ1n) is 3.75. The summed E-state index contributed by atoms with van der Waals surface area (Å²) in [6.45, 7) is 6.18. The highest BCUT2D eigenvalue weighted by molar-refractivity contribution is 14.1. The summed E-state index contributed by atoms with van der Waals surface area (Å²) >= 11 is 2.26. The molecule has 1 rings (SSSR count). The third-order valence-corrected chi connectivity index (χ3v) is 3.36. The van der Waals surface area contributed by atoms with Crippen LogP contribution < -0.4 is 4.74 Å². The second-order valence-corrected chi connectivity index (χ2v) is 3.85. The van der Waals surface area contributed by atoms with Crippen molar-refractivity contribution in [2.45, 2.75) is 20.8 Å². The SMILES string of the molecule is COc1nc(C)c(C)c(C)c1I. The fourth-order valence-corrected chi connectivity index (χ4v) is 1.76. The van der Waals surface area contributed by atoms with E-state index in [1.807, 2.05) is 6.92 Å². The second-order valence-electron chi connectivity index (χ2n) is 2.77. The summed E-state index contributed by atoms with van der Waals surface area (Å²) in [5, 5.41) is 0. The molecule has 1 aromatic rings. The van der Waals surface area contributed by atoms with Gasteiger partial charge in [-0.3, -0.25) is 0 Å². The Balaban J connectivity index is 3.39. The molecule has 1 aromatic heterocycles. The van der Waals surface area contributed by atoms with Crippen LogP contribution in [-0.4, -0.2) is 12.1 Å². The lowest BCUT2D eigenvalue weighted by Crippen LogP contribution is -1.99. The maximum absolute atomic E-state index is 5.14. The van der Waals surface area contributed by atoms with Crippen molar-refractivity contribution >= 4 is 22.6 Å². The van der Waals surface area contributed by atoms with Crippen molar-refractivity contribution in [2.24, 2.45) is 0 Å². The number of methoxy groups -OCH3 is 1. The monoisotopic (exact) mass is 277 g/mol. The van der Waals surface area contributed by atoms with Crippen LogP contribution in [0.3, 0.4) is 0 Å². The zero-order chi connectivity index (χ0) is 9.30.